The second-order valence-electron chi connectivity index (χ2n) is 5.47. The maximum atomic E-state index is 12.1. The number of nitrogens with one attached hydrogen (secondary N) is 1. The molecule has 0 saturated carbocycles. The molecule has 2 fully saturated rings. The maximum absolute atomic E-state index is 12.1. The van der Waals surface area contributed by atoms with Gasteiger partial charge in [0.2, 0.25) is 0 Å². The fourth-order valence-electron chi connectivity index (χ4n) is 2.96. The van der Waals surface area contributed by atoms with E-state index in [1.165, 1.54) is 6.42 Å². The Morgan fingerprint density at radius 1 is 1.40 bits per heavy atom. The van der Waals surface area contributed by atoms with Crippen LogP contribution in [0.4, 0.5) is 4.79 Å². The second kappa shape index (κ2) is 6.90. The van der Waals surface area contributed by atoms with E-state index in [0.29, 0.717) is 12.6 Å². The van der Waals surface area contributed by atoms with E-state index in [-0.39, 0.29) is 25.3 Å². The number of rotatable bonds is 5. The van der Waals surface area contributed by atoms with Crippen molar-refractivity contribution in [1.82, 2.24) is 15.1 Å². The summed E-state index contributed by atoms with van der Waals surface area (Å²) >= 11 is 0. The lowest BCUT2D eigenvalue weighted by molar-refractivity contribution is -0.142. The first-order valence-electron chi connectivity index (χ1n) is 7.16. The van der Waals surface area contributed by atoms with E-state index in [1.54, 1.807) is 0 Å². The predicted octanol–water partition coefficient (Wildman–Crippen LogP) is -0.0343. The van der Waals surface area contributed by atoms with Crippen LogP contribution >= 0.6 is 0 Å². The van der Waals surface area contributed by atoms with E-state index in [4.69, 9.17) is 9.84 Å². The van der Waals surface area contributed by atoms with Gasteiger partial charge in [0, 0.05) is 31.7 Å². The summed E-state index contributed by atoms with van der Waals surface area (Å²) in [4.78, 5) is 26.7. The summed E-state index contributed by atoms with van der Waals surface area (Å²) in [7, 11) is 0. The van der Waals surface area contributed by atoms with Crippen LogP contribution in [0.2, 0.25) is 0 Å². The molecule has 2 rings (SSSR count). The first-order valence-corrected chi connectivity index (χ1v) is 7.16. The van der Waals surface area contributed by atoms with Gasteiger partial charge in [-0.05, 0) is 26.3 Å². The van der Waals surface area contributed by atoms with Gasteiger partial charge < -0.3 is 20.1 Å². The number of ether oxygens (including phenoxy) is 1. The third kappa shape index (κ3) is 3.83. The molecule has 7 nitrogen and oxygen atoms in total. The van der Waals surface area contributed by atoms with E-state index in [9.17, 15) is 9.59 Å². The monoisotopic (exact) mass is 285 g/mol. The van der Waals surface area contributed by atoms with Crippen LogP contribution in [0.1, 0.15) is 19.8 Å². The molecule has 2 amide bonds. The molecule has 0 radical (unpaired) electrons. The standard InChI is InChI=1S/C13H23N3O4/c1-10-7-15-5-2-3-11(15)8-16(10)13(19)14-4-6-20-9-12(17)18/h10-11H,2-9H2,1H3,(H,14,19)(H,17,18). The Morgan fingerprint density at radius 3 is 2.95 bits per heavy atom. The molecule has 7 heteroatoms. The van der Waals surface area contributed by atoms with E-state index in [1.807, 2.05) is 4.90 Å². The van der Waals surface area contributed by atoms with E-state index in [2.05, 4.69) is 17.1 Å². The Kier molecular flexibility index (Phi) is 5.19. The largest absolute Gasteiger partial charge is 0.480 e. The summed E-state index contributed by atoms with van der Waals surface area (Å²) in [5, 5.41) is 11.2. The van der Waals surface area contributed by atoms with Crippen LogP contribution in [0, 0.1) is 0 Å². The molecule has 2 unspecified atom stereocenters. The number of carboxylic acids is 1. The number of piperazine rings is 1. The lowest BCUT2D eigenvalue weighted by atomic mass is 10.1. The van der Waals surface area contributed by atoms with Gasteiger partial charge in [-0.25, -0.2) is 9.59 Å². The normalized spacial score (nSPS) is 26.4. The summed E-state index contributed by atoms with van der Waals surface area (Å²) in [5.74, 6) is -0.998. The number of aliphatic carboxylic acids is 1. The predicted molar refractivity (Wildman–Crippen MR) is 72.6 cm³/mol. The number of urea groups is 1. The lowest BCUT2D eigenvalue weighted by Gasteiger charge is -2.42. The fraction of sp³-hybridized carbons (Fsp3) is 0.846. The van der Waals surface area contributed by atoms with Crippen molar-refractivity contribution in [2.75, 3.05) is 39.4 Å². The van der Waals surface area contributed by atoms with Gasteiger partial charge in [0.1, 0.15) is 6.61 Å². The quantitative estimate of drug-likeness (QED) is 0.693. The smallest absolute Gasteiger partial charge is 0.329 e. The molecular weight excluding hydrogens is 262 g/mol. The molecule has 0 bridgehead atoms. The van der Waals surface area contributed by atoms with Crippen molar-refractivity contribution in [3.05, 3.63) is 0 Å². The molecule has 20 heavy (non-hydrogen) atoms. The molecule has 0 aromatic heterocycles. The Balaban J connectivity index is 1.70. The van der Waals surface area contributed by atoms with Crippen molar-refractivity contribution >= 4 is 12.0 Å². The third-order valence-electron chi connectivity index (χ3n) is 3.95. The minimum Gasteiger partial charge on any atom is -0.480 e. The Hall–Kier alpha value is -1.34. The van der Waals surface area contributed by atoms with E-state index < -0.39 is 5.97 Å². The van der Waals surface area contributed by atoms with Crippen molar-refractivity contribution in [3.8, 4) is 0 Å². The highest BCUT2D eigenvalue weighted by Crippen LogP contribution is 2.24. The molecule has 0 aromatic rings. The zero-order valence-electron chi connectivity index (χ0n) is 11.9. The molecule has 114 valence electrons. The van der Waals surface area contributed by atoms with Crippen molar-refractivity contribution in [3.63, 3.8) is 0 Å². The SMILES string of the molecule is CC1CN2CCCC2CN1C(=O)NCCOCC(=O)O. The molecule has 2 atom stereocenters. The number of hydrogen-bond acceptors (Lipinski definition) is 4. The highest BCUT2D eigenvalue weighted by Gasteiger charge is 2.36. The third-order valence-corrected chi connectivity index (χ3v) is 3.95. The number of carbonyl (C=O) groups excluding carboxylic acids is 1. The first-order chi connectivity index (χ1) is 9.58. The minimum absolute atomic E-state index is 0.0806. The fourth-order valence-corrected chi connectivity index (χ4v) is 2.96. The summed E-state index contributed by atoms with van der Waals surface area (Å²) < 4.78 is 4.89. The minimum atomic E-state index is -0.998. The zero-order chi connectivity index (χ0) is 14.5. The average molecular weight is 285 g/mol. The molecule has 2 aliphatic heterocycles. The van der Waals surface area contributed by atoms with Gasteiger partial charge in [0.25, 0.3) is 0 Å². The average Bonchev–Trinajstić information content (AvgIpc) is 2.83. The summed E-state index contributed by atoms with van der Waals surface area (Å²) in [6.45, 7) is 5.16. The van der Waals surface area contributed by atoms with Crippen LogP contribution in [0.5, 0.6) is 0 Å². The molecule has 2 N–H and O–H groups in total. The number of amides is 2. The number of carboxylic acid groups (broad SMARTS) is 1. The van der Waals surface area contributed by atoms with Gasteiger partial charge in [-0.1, -0.05) is 0 Å². The van der Waals surface area contributed by atoms with Crippen LogP contribution < -0.4 is 5.32 Å². The Bertz CT molecular complexity index is 364. The first kappa shape index (κ1) is 15.1. The van der Waals surface area contributed by atoms with Gasteiger partial charge in [-0.2, -0.15) is 0 Å². The number of fused-ring (bicyclic) bond motifs is 1. The lowest BCUT2D eigenvalue weighted by Crippen LogP contribution is -2.59. The second-order valence-corrected chi connectivity index (χ2v) is 5.47. The Labute approximate surface area is 118 Å². The number of nitrogens with zero attached hydrogens (tertiary/aromatic N) is 2. The molecule has 0 aliphatic carbocycles. The summed E-state index contributed by atoms with van der Waals surface area (Å²) in [6.07, 6.45) is 2.38. The summed E-state index contributed by atoms with van der Waals surface area (Å²) in [6, 6.07) is 0.632. The summed E-state index contributed by atoms with van der Waals surface area (Å²) in [5.41, 5.74) is 0. The molecule has 2 heterocycles. The molecule has 2 aliphatic rings. The van der Waals surface area contributed by atoms with Crippen LogP contribution in [0.15, 0.2) is 0 Å². The molecule has 2 saturated heterocycles. The van der Waals surface area contributed by atoms with Gasteiger partial charge in [0.05, 0.1) is 6.61 Å². The van der Waals surface area contributed by atoms with E-state index >= 15 is 0 Å². The van der Waals surface area contributed by atoms with Gasteiger partial charge >= 0.3 is 12.0 Å². The molecule has 0 aromatic carbocycles. The van der Waals surface area contributed by atoms with Crippen LogP contribution in [-0.2, 0) is 9.53 Å². The van der Waals surface area contributed by atoms with Crippen molar-refractivity contribution in [2.24, 2.45) is 0 Å². The highest BCUT2D eigenvalue weighted by atomic mass is 16.5. The van der Waals surface area contributed by atoms with Crippen molar-refractivity contribution in [1.29, 1.82) is 0 Å². The van der Waals surface area contributed by atoms with Gasteiger partial charge in [0.15, 0.2) is 0 Å². The van der Waals surface area contributed by atoms with Gasteiger partial charge in [-0.3, -0.25) is 4.90 Å². The van der Waals surface area contributed by atoms with E-state index in [0.717, 1.165) is 26.1 Å². The van der Waals surface area contributed by atoms with Crippen molar-refractivity contribution in [2.45, 2.75) is 31.8 Å². The Morgan fingerprint density at radius 2 is 2.20 bits per heavy atom. The number of hydrogen-bond donors (Lipinski definition) is 2. The van der Waals surface area contributed by atoms with Crippen LogP contribution in [0.3, 0.4) is 0 Å². The topological polar surface area (TPSA) is 82.1 Å². The maximum Gasteiger partial charge on any atom is 0.329 e. The van der Waals surface area contributed by atoms with Crippen LogP contribution in [0.25, 0.3) is 0 Å². The van der Waals surface area contributed by atoms with Crippen LogP contribution in [-0.4, -0.2) is 78.4 Å². The van der Waals surface area contributed by atoms with Crippen molar-refractivity contribution < 1.29 is 19.4 Å². The zero-order valence-corrected chi connectivity index (χ0v) is 11.9. The number of carbonyl (C=O) groups is 2. The van der Waals surface area contributed by atoms with Gasteiger partial charge in [-0.15, -0.1) is 0 Å². The molecule has 0 spiro atoms. The highest BCUT2D eigenvalue weighted by molar-refractivity contribution is 5.74. The molecular formula is C13H23N3O4.